The summed E-state index contributed by atoms with van der Waals surface area (Å²) in [6.45, 7) is 8.47. The first kappa shape index (κ1) is 19.2. The summed E-state index contributed by atoms with van der Waals surface area (Å²) < 4.78 is 0. The van der Waals surface area contributed by atoms with Crippen molar-refractivity contribution in [2.75, 3.05) is 20.1 Å². The number of hydrogen-bond donors (Lipinski definition) is 2. The molecule has 0 fully saturated rings. The van der Waals surface area contributed by atoms with Crippen LogP contribution in [0.2, 0.25) is 0 Å². The maximum Gasteiger partial charge on any atom is 0.190 e. The van der Waals surface area contributed by atoms with Crippen molar-refractivity contribution in [3.05, 3.63) is 35.4 Å². The summed E-state index contributed by atoms with van der Waals surface area (Å²) in [7, 11) is 1.82. The molecule has 4 heteroatoms. The van der Waals surface area contributed by atoms with Gasteiger partial charge in [0.15, 0.2) is 5.96 Å². The van der Waals surface area contributed by atoms with Crippen molar-refractivity contribution in [3.63, 3.8) is 0 Å². The van der Waals surface area contributed by atoms with Crippen LogP contribution in [0.15, 0.2) is 29.3 Å². The summed E-state index contributed by atoms with van der Waals surface area (Å²) >= 11 is 0. The first-order valence-corrected chi connectivity index (χ1v) is 7.12. The Balaban J connectivity index is 0.00000361. The molecule has 20 heavy (non-hydrogen) atoms. The van der Waals surface area contributed by atoms with Gasteiger partial charge in [-0.1, -0.05) is 43.7 Å². The fourth-order valence-electron chi connectivity index (χ4n) is 1.89. The molecule has 0 unspecified atom stereocenters. The maximum absolute atomic E-state index is 4.23. The number of nitrogens with one attached hydrogen (secondary N) is 2. The number of halogens is 1. The second-order valence-corrected chi connectivity index (χ2v) is 5.35. The third kappa shape index (κ3) is 8.40. The number of guanidine groups is 1. The molecule has 0 aliphatic carbocycles. The fraction of sp³-hybridized carbons (Fsp3) is 0.562. The number of hydrogen-bond acceptors (Lipinski definition) is 1. The highest BCUT2D eigenvalue weighted by atomic mass is 127. The smallest absolute Gasteiger partial charge is 0.190 e. The quantitative estimate of drug-likeness (QED) is 0.445. The summed E-state index contributed by atoms with van der Waals surface area (Å²) in [6.07, 6.45) is 2.19. The second kappa shape index (κ2) is 10.9. The minimum absolute atomic E-state index is 0. The molecule has 0 amide bonds. The molecule has 0 aliphatic heterocycles. The van der Waals surface area contributed by atoms with Gasteiger partial charge in [-0.15, -0.1) is 24.0 Å². The van der Waals surface area contributed by atoms with E-state index >= 15 is 0 Å². The Morgan fingerprint density at radius 3 is 2.50 bits per heavy atom. The molecule has 1 aromatic carbocycles. The molecule has 0 atom stereocenters. The van der Waals surface area contributed by atoms with Gasteiger partial charge in [-0.25, -0.2) is 0 Å². The highest BCUT2D eigenvalue weighted by Crippen LogP contribution is 2.03. The third-order valence-electron chi connectivity index (χ3n) is 3.03. The summed E-state index contributed by atoms with van der Waals surface area (Å²) in [5, 5.41) is 6.69. The van der Waals surface area contributed by atoms with E-state index in [0.29, 0.717) is 0 Å². The van der Waals surface area contributed by atoms with Gasteiger partial charge >= 0.3 is 0 Å². The molecule has 0 spiro atoms. The van der Waals surface area contributed by atoms with E-state index in [-0.39, 0.29) is 24.0 Å². The Morgan fingerprint density at radius 2 is 1.90 bits per heavy atom. The van der Waals surface area contributed by atoms with Gasteiger partial charge in [-0.2, -0.15) is 0 Å². The zero-order valence-corrected chi connectivity index (χ0v) is 15.4. The predicted octanol–water partition coefficient (Wildman–Crippen LogP) is 3.37. The molecular formula is C16H28IN3. The molecular weight excluding hydrogens is 361 g/mol. The van der Waals surface area contributed by atoms with Gasteiger partial charge in [-0.05, 0) is 31.2 Å². The highest BCUT2D eigenvalue weighted by molar-refractivity contribution is 14.0. The number of benzene rings is 1. The third-order valence-corrected chi connectivity index (χ3v) is 3.03. The molecule has 0 radical (unpaired) electrons. The lowest BCUT2D eigenvalue weighted by atomic mass is 10.1. The Bertz CT molecular complexity index is 402. The van der Waals surface area contributed by atoms with Gasteiger partial charge in [0.05, 0.1) is 0 Å². The molecule has 0 heterocycles. The fourth-order valence-corrected chi connectivity index (χ4v) is 1.89. The number of rotatable bonds is 6. The van der Waals surface area contributed by atoms with E-state index in [2.05, 4.69) is 60.7 Å². The standard InChI is InChI=1S/C16H27N3.HI/c1-13(2)8-10-18-16(17-4)19-11-9-15-7-5-6-14(3)12-15;/h5-7,12-13H,8-11H2,1-4H3,(H2,17,18,19);1H. The monoisotopic (exact) mass is 389 g/mol. The average molecular weight is 389 g/mol. The Morgan fingerprint density at radius 1 is 1.20 bits per heavy atom. The van der Waals surface area contributed by atoms with Crippen molar-refractivity contribution in [3.8, 4) is 0 Å². The zero-order valence-electron chi connectivity index (χ0n) is 13.1. The first-order chi connectivity index (χ1) is 9.11. The van der Waals surface area contributed by atoms with Gasteiger partial charge in [0.2, 0.25) is 0 Å². The second-order valence-electron chi connectivity index (χ2n) is 5.35. The van der Waals surface area contributed by atoms with Gasteiger partial charge < -0.3 is 10.6 Å². The predicted molar refractivity (Wildman–Crippen MR) is 99.1 cm³/mol. The van der Waals surface area contributed by atoms with Crippen LogP contribution in [0.25, 0.3) is 0 Å². The molecule has 0 bridgehead atoms. The SMILES string of the molecule is CN=C(NCCc1cccc(C)c1)NCCC(C)C.I. The summed E-state index contributed by atoms with van der Waals surface area (Å²) in [5.41, 5.74) is 2.68. The molecule has 1 aromatic rings. The molecule has 0 saturated carbocycles. The van der Waals surface area contributed by atoms with E-state index in [1.54, 1.807) is 0 Å². The first-order valence-electron chi connectivity index (χ1n) is 7.12. The summed E-state index contributed by atoms with van der Waals surface area (Å²) in [6, 6.07) is 8.64. The molecule has 1 rings (SSSR count). The Labute approximate surface area is 140 Å². The summed E-state index contributed by atoms with van der Waals surface area (Å²) in [5.74, 6) is 1.62. The van der Waals surface area contributed by atoms with Gasteiger partial charge in [0.1, 0.15) is 0 Å². The van der Waals surface area contributed by atoms with E-state index in [1.165, 1.54) is 17.5 Å². The molecule has 2 N–H and O–H groups in total. The van der Waals surface area contributed by atoms with Crippen molar-refractivity contribution in [2.45, 2.75) is 33.6 Å². The van der Waals surface area contributed by atoms with Crippen LogP contribution in [-0.4, -0.2) is 26.1 Å². The van der Waals surface area contributed by atoms with Crippen LogP contribution >= 0.6 is 24.0 Å². The Hall–Kier alpha value is -0.780. The topological polar surface area (TPSA) is 36.4 Å². The molecule has 0 aliphatic rings. The number of aryl methyl sites for hydroxylation is 1. The van der Waals surface area contributed by atoms with Crippen LogP contribution in [0.3, 0.4) is 0 Å². The molecule has 3 nitrogen and oxygen atoms in total. The minimum atomic E-state index is 0. The number of nitrogens with zero attached hydrogens (tertiary/aromatic N) is 1. The average Bonchev–Trinajstić information content (AvgIpc) is 2.36. The van der Waals surface area contributed by atoms with Crippen molar-refractivity contribution >= 4 is 29.9 Å². The minimum Gasteiger partial charge on any atom is -0.356 e. The van der Waals surface area contributed by atoms with Crippen molar-refractivity contribution < 1.29 is 0 Å². The van der Waals surface area contributed by atoms with E-state index < -0.39 is 0 Å². The highest BCUT2D eigenvalue weighted by Gasteiger charge is 1.99. The largest absolute Gasteiger partial charge is 0.356 e. The van der Waals surface area contributed by atoms with Gasteiger partial charge in [0.25, 0.3) is 0 Å². The lowest BCUT2D eigenvalue weighted by Gasteiger charge is -2.13. The summed E-state index contributed by atoms with van der Waals surface area (Å²) in [4.78, 5) is 4.23. The lowest BCUT2D eigenvalue weighted by molar-refractivity contribution is 0.573. The van der Waals surface area contributed by atoms with Crippen molar-refractivity contribution in [1.82, 2.24) is 10.6 Å². The molecule has 114 valence electrons. The Kier molecular flexibility index (Phi) is 10.5. The van der Waals surface area contributed by atoms with E-state index in [4.69, 9.17) is 0 Å². The number of aliphatic imine (C=N–C) groups is 1. The van der Waals surface area contributed by atoms with Crippen LogP contribution in [0, 0.1) is 12.8 Å². The van der Waals surface area contributed by atoms with Gasteiger partial charge in [-0.3, -0.25) is 4.99 Å². The van der Waals surface area contributed by atoms with Crippen LogP contribution in [0.4, 0.5) is 0 Å². The van der Waals surface area contributed by atoms with E-state index in [9.17, 15) is 0 Å². The normalized spacial score (nSPS) is 11.2. The maximum atomic E-state index is 4.23. The van der Waals surface area contributed by atoms with Crippen LogP contribution in [-0.2, 0) is 6.42 Å². The lowest BCUT2D eigenvalue weighted by Crippen LogP contribution is -2.39. The van der Waals surface area contributed by atoms with Crippen LogP contribution in [0.5, 0.6) is 0 Å². The molecule has 0 saturated heterocycles. The molecule has 0 aromatic heterocycles. The van der Waals surface area contributed by atoms with Crippen molar-refractivity contribution in [2.24, 2.45) is 10.9 Å². The van der Waals surface area contributed by atoms with E-state index in [1.807, 2.05) is 7.05 Å². The van der Waals surface area contributed by atoms with E-state index in [0.717, 1.165) is 31.4 Å². The van der Waals surface area contributed by atoms with Crippen molar-refractivity contribution in [1.29, 1.82) is 0 Å². The van der Waals surface area contributed by atoms with Crippen LogP contribution < -0.4 is 10.6 Å². The van der Waals surface area contributed by atoms with Crippen LogP contribution in [0.1, 0.15) is 31.4 Å². The van der Waals surface area contributed by atoms with Gasteiger partial charge in [0, 0.05) is 20.1 Å². The zero-order chi connectivity index (χ0) is 14.1.